The van der Waals surface area contributed by atoms with Crippen LogP contribution in [-0.4, -0.2) is 27.1 Å². The monoisotopic (exact) mass is 419 g/mol. The molecule has 0 heterocycles. The largest absolute Gasteiger partial charge is 0.493 e. The van der Waals surface area contributed by atoms with E-state index in [1.807, 2.05) is 24.3 Å². The van der Waals surface area contributed by atoms with Gasteiger partial charge in [-0.3, -0.25) is 0 Å². The van der Waals surface area contributed by atoms with E-state index in [9.17, 15) is 4.79 Å². The molecule has 2 aromatic rings. The third-order valence-electron chi connectivity index (χ3n) is 4.18. The fraction of sp³-hybridized carbons (Fsp3) is 0.409. The summed E-state index contributed by atoms with van der Waals surface area (Å²) < 4.78 is 20.8. The van der Waals surface area contributed by atoms with Crippen LogP contribution >= 0.6 is 12.0 Å². The Bertz CT molecular complexity index is 787. The van der Waals surface area contributed by atoms with Crippen LogP contribution in [0.25, 0.3) is 0 Å². The van der Waals surface area contributed by atoms with E-state index in [0.29, 0.717) is 23.8 Å². The molecule has 158 valence electrons. The number of carbonyl (C=O) groups is 1. The van der Waals surface area contributed by atoms with Gasteiger partial charge < -0.3 is 23.7 Å². The molecule has 1 amide bonds. The molecule has 2 rings (SSSR count). The van der Waals surface area contributed by atoms with Crippen molar-refractivity contribution in [3.63, 3.8) is 0 Å². The summed E-state index contributed by atoms with van der Waals surface area (Å²) in [6.07, 6.45) is -0.470. The van der Waals surface area contributed by atoms with E-state index in [1.54, 1.807) is 20.3 Å². The first-order valence-corrected chi connectivity index (χ1v) is 10.2. The zero-order valence-electron chi connectivity index (χ0n) is 17.6. The highest BCUT2D eigenvalue weighted by Gasteiger charge is 2.13. The van der Waals surface area contributed by atoms with Crippen molar-refractivity contribution in [2.45, 2.75) is 38.5 Å². The summed E-state index contributed by atoms with van der Waals surface area (Å²) >= 11 is 1.07. The maximum absolute atomic E-state index is 11.9. The van der Waals surface area contributed by atoms with Gasteiger partial charge >= 0.3 is 6.09 Å². The molecule has 0 saturated carbocycles. The fourth-order valence-corrected chi connectivity index (χ4v) is 3.06. The minimum atomic E-state index is -0.470. The molecule has 1 N–H and O–H groups in total. The normalized spacial score (nSPS) is 11.1. The van der Waals surface area contributed by atoms with Gasteiger partial charge in [-0.05, 0) is 34.2 Å². The van der Waals surface area contributed by atoms with Gasteiger partial charge in [-0.25, -0.2) is 4.79 Å². The molecule has 2 aromatic carbocycles. The van der Waals surface area contributed by atoms with Crippen LogP contribution in [0.1, 0.15) is 37.5 Å². The van der Waals surface area contributed by atoms with Crippen molar-refractivity contribution in [1.29, 1.82) is 0 Å². The van der Waals surface area contributed by atoms with Crippen LogP contribution in [0.15, 0.2) is 42.5 Å². The van der Waals surface area contributed by atoms with Crippen molar-refractivity contribution in [2.24, 2.45) is 0 Å². The highest BCUT2D eigenvalue weighted by molar-refractivity contribution is 7.94. The second kappa shape index (κ2) is 11.0. The molecule has 0 spiro atoms. The lowest BCUT2D eigenvalue weighted by molar-refractivity contribution is 0.0491. The highest BCUT2D eigenvalue weighted by atomic mass is 32.2. The summed E-state index contributed by atoms with van der Waals surface area (Å²) in [4.78, 5) is 11.9. The summed E-state index contributed by atoms with van der Waals surface area (Å²) in [5, 5.41) is 2.76. The van der Waals surface area contributed by atoms with Crippen LogP contribution in [0, 0.1) is 0 Å². The molecule has 0 aliphatic carbocycles. The average Bonchev–Trinajstić information content (AvgIpc) is 2.70. The number of nitrogens with one attached hydrogen (secondary N) is 1. The van der Waals surface area contributed by atoms with Crippen LogP contribution in [-0.2, 0) is 26.6 Å². The van der Waals surface area contributed by atoms with Crippen LogP contribution in [0.4, 0.5) is 4.79 Å². The second-order valence-corrected chi connectivity index (χ2v) is 8.16. The van der Waals surface area contributed by atoms with Crippen molar-refractivity contribution in [3.05, 3.63) is 59.2 Å². The zero-order valence-corrected chi connectivity index (χ0v) is 18.4. The minimum Gasteiger partial charge on any atom is -0.493 e. The number of hydrogen-bond acceptors (Lipinski definition) is 6. The molecule has 0 aliphatic rings. The van der Waals surface area contributed by atoms with Gasteiger partial charge in [0.1, 0.15) is 0 Å². The molecular weight excluding hydrogens is 390 g/mol. The van der Waals surface area contributed by atoms with Gasteiger partial charge in [0.15, 0.2) is 18.3 Å². The van der Waals surface area contributed by atoms with Crippen molar-refractivity contribution in [1.82, 2.24) is 5.32 Å². The van der Waals surface area contributed by atoms with E-state index in [1.165, 1.54) is 5.56 Å². The topological polar surface area (TPSA) is 66.0 Å². The number of carbonyl (C=O) groups excluding carboxylic acids is 1. The van der Waals surface area contributed by atoms with Gasteiger partial charge in [-0.15, -0.1) is 0 Å². The fourth-order valence-electron chi connectivity index (χ4n) is 2.52. The van der Waals surface area contributed by atoms with E-state index in [2.05, 4.69) is 38.2 Å². The Morgan fingerprint density at radius 2 is 1.69 bits per heavy atom. The number of hydrogen-bond donors (Lipinski definition) is 1. The summed E-state index contributed by atoms with van der Waals surface area (Å²) in [6, 6.07) is 13.7. The predicted octanol–water partition coefficient (Wildman–Crippen LogP) is 5.05. The molecule has 0 radical (unpaired) electrons. The smallest absolute Gasteiger partial charge is 0.419 e. The maximum atomic E-state index is 11.9. The van der Waals surface area contributed by atoms with Crippen LogP contribution in [0.2, 0.25) is 0 Å². The zero-order chi connectivity index (χ0) is 21.3. The van der Waals surface area contributed by atoms with Crippen molar-refractivity contribution in [2.75, 3.05) is 21.0 Å². The van der Waals surface area contributed by atoms with Crippen molar-refractivity contribution >= 4 is 18.1 Å². The molecule has 0 fully saturated rings. The standard InChI is InChI=1S/C22H29NO5S/c1-22(2,3)18-9-6-16(7-10-18)13-23-21(24)28-29-14-17-8-11-19(27-15-25-4)20(12-17)26-5/h6-12H,13-15H2,1-5H3,(H,23,24). The summed E-state index contributed by atoms with van der Waals surface area (Å²) in [5.41, 5.74) is 3.34. The molecule has 0 atom stereocenters. The average molecular weight is 420 g/mol. The van der Waals surface area contributed by atoms with Crippen LogP contribution < -0.4 is 14.8 Å². The number of ether oxygens (including phenoxy) is 3. The van der Waals surface area contributed by atoms with E-state index >= 15 is 0 Å². The summed E-state index contributed by atoms with van der Waals surface area (Å²) in [5.74, 6) is 1.69. The molecule has 0 aliphatic heterocycles. The third-order valence-corrected chi connectivity index (χ3v) is 4.90. The molecule has 0 unspecified atom stereocenters. The molecule has 7 heteroatoms. The lowest BCUT2D eigenvalue weighted by Gasteiger charge is -2.19. The number of rotatable bonds is 9. The summed E-state index contributed by atoms with van der Waals surface area (Å²) in [7, 11) is 3.13. The van der Waals surface area contributed by atoms with Gasteiger partial charge in [-0.1, -0.05) is 51.1 Å². The van der Waals surface area contributed by atoms with Gasteiger partial charge in [0, 0.05) is 13.7 Å². The second-order valence-electron chi connectivity index (χ2n) is 7.47. The first-order valence-electron chi connectivity index (χ1n) is 9.29. The van der Waals surface area contributed by atoms with Gasteiger partial charge in [0.05, 0.1) is 24.9 Å². The van der Waals surface area contributed by atoms with Gasteiger partial charge in [0.25, 0.3) is 0 Å². The molecule has 6 nitrogen and oxygen atoms in total. The quantitative estimate of drug-likeness (QED) is 0.453. The first kappa shape index (κ1) is 22.9. The lowest BCUT2D eigenvalue weighted by Crippen LogP contribution is -2.21. The van der Waals surface area contributed by atoms with Gasteiger partial charge in [0.2, 0.25) is 0 Å². The molecule has 0 aromatic heterocycles. The minimum absolute atomic E-state index is 0.109. The highest BCUT2D eigenvalue weighted by Crippen LogP contribution is 2.29. The Balaban J connectivity index is 1.77. The summed E-state index contributed by atoms with van der Waals surface area (Å²) in [6.45, 7) is 7.08. The third kappa shape index (κ3) is 7.51. The number of amides is 1. The van der Waals surface area contributed by atoms with E-state index < -0.39 is 6.09 Å². The van der Waals surface area contributed by atoms with Gasteiger partial charge in [-0.2, -0.15) is 0 Å². The molecule has 0 saturated heterocycles. The Morgan fingerprint density at radius 1 is 1.00 bits per heavy atom. The van der Waals surface area contributed by atoms with E-state index in [-0.39, 0.29) is 12.2 Å². The number of methoxy groups -OCH3 is 2. The van der Waals surface area contributed by atoms with Crippen LogP contribution in [0.3, 0.4) is 0 Å². The van der Waals surface area contributed by atoms with Crippen LogP contribution in [0.5, 0.6) is 11.5 Å². The predicted molar refractivity (Wildman–Crippen MR) is 115 cm³/mol. The van der Waals surface area contributed by atoms with E-state index in [4.69, 9.17) is 18.4 Å². The Labute approximate surface area is 177 Å². The van der Waals surface area contributed by atoms with Crippen molar-refractivity contribution in [3.8, 4) is 11.5 Å². The molecular formula is C22H29NO5S. The van der Waals surface area contributed by atoms with Crippen molar-refractivity contribution < 1.29 is 23.2 Å². The molecule has 0 bridgehead atoms. The molecule has 29 heavy (non-hydrogen) atoms. The first-order chi connectivity index (χ1) is 13.8. The number of benzene rings is 2. The van der Waals surface area contributed by atoms with E-state index in [0.717, 1.165) is 23.2 Å². The Hall–Kier alpha value is -2.38. The maximum Gasteiger partial charge on any atom is 0.419 e. The Kier molecular flexibility index (Phi) is 8.67. The Morgan fingerprint density at radius 3 is 2.31 bits per heavy atom. The lowest BCUT2D eigenvalue weighted by atomic mass is 9.87. The SMILES string of the molecule is COCOc1ccc(CSOC(=O)NCc2ccc(C(C)(C)C)cc2)cc1OC.